The second-order valence-corrected chi connectivity index (χ2v) is 4.80. The number of ether oxygens (including phenoxy) is 1. The summed E-state index contributed by atoms with van der Waals surface area (Å²) in [5, 5.41) is 0.269. The first-order valence-electron chi connectivity index (χ1n) is 5.43. The van der Waals surface area contributed by atoms with Crippen molar-refractivity contribution < 1.29 is 18.7 Å². The van der Waals surface area contributed by atoms with Crippen molar-refractivity contribution in [3.8, 4) is 5.95 Å². The fraction of sp³-hybridized carbons (Fsp3) is 0.308. The predicted octanol–water partition coefficient (Wildman–Crippen LogP) is 3.03. The van der Waals surface area contributed by atoms with Gasteiger partial charge in [0.1, 0.15) is 0 Å². The summed E-state index contributed by atoms with van der Waals surface area (Å²) in [6.07, 6.45) is 0. The lowest BCUT2D eigenvalue weighted by Gasteiger charge is -2.11. The molecule has 1 aliphatic rings. The van der Waals surface area contributed by atoms with E-state index in [1.54, 1.807) is 27.7 Å². The van der Waals surface area contributed by atoms with Gasteiger partial charge in [0.05, 0.1) is 5.56 Å². The van der Waals surface area contributed by atoms with Crippen LogP contribution in [0.5, 0.6) is 5.95 Å². The lowest BCUT2D eigenvalue weighted by molar-refractivity contribution is 0.0954. The van der Waals surface area contributed by atoms with Crippen LogP contribution in [-0.2, 0) is 0 Å². The monoisotopic (exact) mass is 264 g/mol. The second-order valence-electron chi connectivity index (χ2n) is 4.22. The molecule has 1 heterocycles. The van der Waals surface area contributed by atoms with Gasteiger partial charge in [-0.1, -0.05) is 0 Å². The molecule has 0 saturated carbocycles. The Morgan fingerprint density at radius 1 is 1.11 bits per heavy atom. The molecule has 2 rings (SSSR count). The summed E-state index contributed by atoms with van der Waals surface area (Å²) >= 11 is 4.82. The summed E-state index contributed by atoms with van der Waals surface area (Å²) in [5.41, 5.74) is 1.66. The molecule has 1 aliphatic carbocycles. The maximum atomic E-state index is 12.1. The zero-order valence-electron chi connectivity index (χ0n) is 10.5. The Bertz CT molecular complexity index is 619. The van der Waals surface area contributed by atoms with Gasteiger partial charge >= 0.3 is 0 Å². The van der Waals surface area contributed by atoms with Gasteiger partial charge in [0, 0.05) is 23.6 Å². The molecule has 94 valence electrons. The number of carbonyl (C=O) groups is 2. The molecular weight excluding hydrogens is 252 g/mol. The highest BCUT2D eigenvalue weighted by atomic mass is 32.1. The van der Waals surface area contributed by atoms with Crippen molar-refractivity contribution in [1.29, 1.82) is 0 Å². The van der Waals surface area contributed by atoms with Crippen molar-refractivity contribution in [2.75, 3.05) is 0 Å². The van der Waals surface area contributed by atoms with Gasteiger partial charge in [-0.2, -0.15) is 0 Å². The zero-order chi connectivity index (χ0) is 13.6. The van der Waals surface area contributed by atoms with Crippen LogP contribution in [0.1, 0.15) is 47.2 Å². The van der Waals surface area contributed by atoms with Gasteiger partial charge in [-0.05, 0) is 33.0 Å². The van der Waals surface area contributed by atoms with E-state index in [1.807, 2.05) is 0 Å². The number of rotatable bonds is 1. The van der Waals surface area contributed by atoms with Crippen molar-refractivity contribution in [1.82, 2.24) is 0 Å². The van der Waals surface area contributed by atoms with Crippen LogP contribution in [-0.4, -0.2) is 16.6 Å². The normalized spacial score (nSPS) is 14.9. The molecule has 0 aromatic carbocycles. The van der Waals surface area contributed by atoms with Crippen molar-refractivity contribution in [2.45, 2.75) is 27.7 Å². The fourth-order valence-electron chi connectivity index (χ4n) is 1.85. The van der Waals surface area contributed by atoms with Crippen molar-refractivity contribution in [3.05, 3.63) is 28.0 Å². The maximum Gasteiger partial charge on any atom is 0.294 e. The molecule has 0 bridgehead atoms. The fourth-order valence-corrected chi connectivity index (χ4v) is 1.93. The molecule has 5 heteroatoms. The number of allylic oxidation sites excluding steroid dienone is 2. The first-order chi connectivity index (χ1) is 8.34. The summed E-state index contributed by atoms with van der Waals surface area (Å²) in [4.78, 5) is 24.2. The Morgan fingerprint density at radius 3 is 2.22 bits per heavy atom. The molecule has 1 aromatic rings. The van der Waals surface area contributed by atoms with Crippen LogP contribution in [0.15, 0.2) is 15.6 Å². The van der Waals surface area contributed by atoms with Gasteiger partial charge in [-0.15, -0.1) is 0 Å². The number of Topliss-reactive ketones (excluding diaryl/α,β-unsaturated/α-hetero) is 2. The van der Waals surface area contributed by atoms with Crippen molar-refractivity contribution in [3.63, 3.8) is 0 Å². The summed E-state index contributed by atoms with van der Waals surface area (Å²) < 4.78 is 10.5. The van der Waals surface area contributed by atoms with Gasteiger partial charge < -0.3 is 9.15 Å². The number of hydrogen-bond acceptors (Lipinski definition) is 5. The third kappa shape index (κ3) is 1.71. The van der Waals surface area contributed by atoms with Gasteiger partial charge in [-0.25, -0.2) is 0 Å². The second kappa shape index (κ2) is 4.17. The first kappa shape index (κ1) is 12.7. The molecule has 0 spiro atoms. The van der Waals surface area contributed by atoms with E-state index in [0.29, 0.717) is 16.7 Å². The smallest absolute Gasteiger partial charge is 0.294 e. The molecule has 0 aliphatic heterocycles. The minimum atomic E-state index is -0.276. The molecule has 1 aromatic heterocycles. The molecule has 0 radical (unpaired) electrons. The highest BCUT2D eigenvalue weighted by molar-refractivity contribution is 7.80. The predicted molar refractivity (Wildman–Crippen MR) is 69.4 cm³/mol. The third-order valence-corrected chi connectivity index (χ3v) is 3.10. The molecule has 0 amide bonds. The van der Waals surface area contributed by atoms with Crippen LogP contribution in [0.2, 0.25) is 0 Å². The molecule has 0 fully saturated rings. The van der Waals surface area contributed by atoms with E-state index in [9.17, 15) is 9.59 Å². The van der Waals surface area contributed by atoms with Gasteiger partial charge in [0.2, 0.25) is 5.78 Å². The largest absolute Gasteiger partial charge is 0.421 e. The average Bonchev–Trinajstić information content (AvgIpc) is 2.61. The lowest BCUT2D eigenvalue weighted by atomic mass is 9.88. The van der Waals surface area contributed by atoms with Crippen LogP contribution in [0.4, 0.5) is 0 Å². The minimum absolute atomic E-state index is 0.0480. The van der Waals surface area contributed by atoms with E-state index in [2.05, 4.69) is 0 Å². The van der Waals surface area contributed by atoms with Gasteiger partial charge in [0.15, 0.2) is 16.6 Å². The summed E-state index contributed by atoms with van der Waals surface area (Å²) in [7, 11) is 0. The molecule has 4 nitrogen and oxygen atoms in total. The molecule has 18 heavy (non-hydrogen) atoms. The quantitative estimate of drug-likeness (QED) is 0.730. The minimum Gasteiger partial charge on any atom is -0.421 e. The van der Waals surface area contributed by atoms with Crippen LogP contribution in [0, 0.1) is 6.92 Å². The Labute approximate surface area is 110 Å². The van der Waals surface area contributed by atoms with Crippen molar-refractivity contribution >= 4 is 28.8 Å². The third-order valence-electron chi connectivity index (χ3n) is 3.02. The highest BCUT2D eigenvalue weighted by Gasteiger charge is 2.35. The van der Waals surface area contributed by atoms with E-state index in [4.69, 9.17) is 21.4 Å². The Hall–Kier alpha value is -1.75. The summed E-state index contributed by atoms with van der Waals surface area (Å²) in [5.74, 6) is -0.300. The van der Waals surface area contributed by atoms with Gasteiger partial charge in [-0.3, -0.25) is 9.59 Å². The van der Waals surface area contributed by atoms with E-state index in [1.165, 1.54) is 0 Å². The Morgan fingerprint density at radius 2 is 1.67 bits per heavy atom. The lowest BCUT2D eigenvalue weighted by Crippen LogP contribution is -2.18. The average molecular weight is 264 g/mol. The molecule has 0 saturated heterocycles. The number of furan rings is 1. The van der Waals surface area contributed by atoms with Crippen molar-refractivity contribution in [2.24, 2.45) is 0 Å². The SMILES string of the molecule is CC(=S)Oc1oc2c(c1C)C(=O)C(C)=C(C)C2=O. The highest BCUT2D eigenvalue weighted by Crippen LogP contribution is 2.35. The first-order valence-corrected chi connectivity index (χ1v) is 5.84. The number of thiocarbonyl (C=S) groups is 1. The Balaban J connectivity index is 2.63. The van der Waals surface area contributed by atoms with E-state index >= 15 is 0 Å². The van der Waals surface area contributed by atoms with E-state index in [-0.39, 0.29) is 33.9 Å². The van der Waals surface area contributed by atoms with Crippen LogP contribution in [0.25, 0.3) is 0 Å². The number of carbonyl (C=O) groups excluding carboxylic acids is 2. The maximum absolute atomic E-state index is 12.1. The van der Waals surface area contributed by atoms with E-state index < -0.39 is 0 Å². The number of fused-ring (bicyclic) bond motifs is 1. The Kier molecular flexibility index (Phi) is 2.94. The zero-order valence-corrected chi connectivity index (χ0v) is 11.4. The summed E-state index contributed by atoms with van der Waals surface area (Å²) in [6.45, 7) is 6.51. The number of hydrogen-bond donors (Lipinski definition) is 0. The topological polar surface area (TPSA) is 56.5 Å². The van der Waals surface area contributed by atoms with Crippen LogP contribution >= 0.6 is 12.2 Å². The number of ketones is 2. The van der Waals surface area contributed by atoms with Crippen LogP contribution in [0.3, 0.4) is 0 Å². The molecule has 0 atom stereocenters. The standard InChI is InChI=1S/C13H12O4S/c1-5-6(2)11(15)12-9(10(5)14)7(3)13(17-12)16-8(4)18/h1-4H3. The van der Waals surface area contributed by atoms with Crippen LogP contribution < -0.4 is 4.74 Å². The van der Waals surface area contributed by atoms with E-state index in [0.717, 1.165) is 0 Å². The molecule has 0 unspecified atom stereocenters. The summed E-state index contributed by atoms with van der Waals surface area (Å²) in [6, 6.07) is 0. The molecule has 0 N–H and O–H groups in total. The van der Waals surface area contributed by atoms with Gasteiger partial charge in [0.25, 0.3) is 5.95 Å². The molecular formula is C13H12O4S.